The van der Waals surface area contributed by atoms with Gasteiger partial charge in [0.15, 0.2) is 5.82 Å². The van der Waals surface area contributed by atoms with Crippen LogP contribution in [0.15, 0.2) is 36.4 Å². The molecular weight excluding hydrogens is 468 g/mol. The van der Waals surface area contributed by atoms with Crippen LogP contribution in [0.1, 0.15) is 54.9 Å². The highest BCUT2D eigenvalue weighted by Gasteiger charge is 2.16. The minimum absolute atomic E-state index is 0.0877. The van der Waals surface area contributed by atoms with E-state index in [1.54, 1.807) is 18.2 Å². The SMILES string of the molecule is Cc1ccc(NC(=O)c2ccc3c(c2)nc(NCCCCNC(=O)CC(C)C)c2nnc(C)n23)c(N)c1. The minimum atomic E-state index is -0.270. The van der Waals surface area contributed by atoms with Gasteiger partial charge in [0, 0.05) is 25.1 Å². The number of carbonyl (C=O) groups is 2. The standard InChI is InChI=1S/C27H34N8O2/c1-16(2)13-24(36)29-11-5-6-12-30-25-26-34-33-18(4)35(26)23-10-8-19(15-22(23)31-25)27(37)32-21-9-7-17(3)14-20(21)28/h7-10,14-16H,5-6,11-13,28H2,1-4H3,(H,29,36)(H,30,31)(H,32,37). The fraction of sp³-hybridized carbons (Fsp3) is 0.370. The molecule has 0 atom stereocenters. The zero-order valence-corrected chi connectivity index (χ0v) is 21.8. The summed E-state index contributed by atoms with van der Waals surface area (Å²) in [7, 11) is 0. The molecule has 0 bridgehead atoms. The van der Waals surface area contributed by atoms with E-state index in [4.69, 9.17) is 10.7 Å². The highest BCUT2D eigenvalue weighted by Crippen LogP contribution is 2.24. The Morgan fingerprint density at radius 3 is 2.57 bits per heavy atom. The van der Waals surface area contributed by atoms with Crippen molar-refractivity contribution in [2.45, 2.75) is 47.0 Å². The van der Waals surface area contributed by atoms with Gasteiger partial charge in [-0.2, -0.15) is 0 Å². The fourth-order valence-corrected chi connectivity index (χ4v) is 4.15. The first-order chi connectivity index (χ1) is 17.7. The lowest BCUT2D eigenvalue weighted by Crippen LogP contribution is -2.25. The maximum absolute atomic E-state index is 13.0. The summed E-state index contributed by atoms with van der Waals surface area (Å²) in [5.41, 5.74) is 10.7. The van der Waals surface area contributed by atoms with Crippen molar-refractivity contribution in [3.8, 4) is 0 Å². The maximum Gasteiger partial charge on any atom is 0.255 e. The number of hydrogen-bond donors (Lipinski definition) is 4. The van der Waals surface area contributed by atoms with Crippen LogP contribution in [0.2, 0.25) is 0 Å². The van der Waals surface area contributed by atoms with Crippen LogP contribution in [-0.4, -0.2) is 44.5 Å². The van der Waals surface area contributed by atoms with E-state index in [9.17, 15) is 9.59 Å². The number of anilines is 3. The van der Waals surface area contributed by atoms with Crippen molar-refractivity contribution in [1.29, 1.82) is 0 Å². The molecule has 2 aromatic carbocycles. The van der Waals surface area contributed by atoms with Gasteiger partial charge in [-0.1, -0.05) is 19.9 Å². The van der Waals surface area contributed by atoms with Crippen molar-refractivity contribution >= 4 is 45.7 Å². The Morgan fingerprint density at radius 1 is 1.03 bits per heavy atom. The molecule has 37 heavy (non-hydrogen) atoms. The molecule has 0 spiro atoms. The van der Waals surface area contributed by atoms with Gasteiger partial charge in [-0.3, -0.25) is 14.0 Å². The van der Waals surface area contributed by atoms with Gasteiger partial charge in [0.1, 0.15) is 5.82 Å². The van der Waals surface area contributed by atoms with Gasteiger partial charge in [0.05, 0.1) is 22.4 Å². The van der Waals surface area contributed by atoms with Crippen LogP contribution in [-0.2, 0) is 4.79 Å². The van der Waals surface area contributed by atoms with Crippen LogP contribution in [0, 0.1) is 19.8 Å². The number of benzene rings is 2. The largest absolute Gasteiger partial charge is 0.397 e. The molecular formula is C27H34N8O2. The first-order valence-corrected chi connectivity index (χ1v) is 12.6. The molecule has 0 saturated heterocycles. The van der Waals surface area contributed by atoms with Crippen molar-refractivity contribution < 1.29 is 9.59 Å². The summed E-state index contributed by atoms with van der Waals surface area (Å²) in [6, 6.07) is 10.9. The molecule has 2 amide bonds. The lowest BCUT2D eigenvalue weighted by molar-refractivity contribution is -0.121. The molecule has 2 aromatic heterocycles. The van der Waals surface area contributed by atoms with Gasteiger partial charge >= 0.3 is 0 Å². The van der Waals surface area contributed by atoms with E-state index in [2.05, 4.69) is 26.1 Å². The maximum atomic E-state index is 13.0. The fourth-order valence-electron chi connectivity index (χ4n) is 4.15. The predicted octanol–water partition coefficient (Wildman–Crippen LogP) is 4.08. The van der Waals surface area contributed by atoms with E-state index in [-0.39, 0.29) is 11.8 Å². The lowest BCUT2D eigenvalue weighted by atomic mass is 10.1. The molecule has 0 unspecified atom stereocenters. The number of aryl methyl sites for hydroxylation is 2. The summed E-state index contributed by atoms with van der Waals surface area (Å²) >= 11 is 0. The molecule has 10 nitrogen and oxygen atoms in total. The Hall–Kier alpha value is -4.21. The summed E-state index contributed by atoms with van der Waals surface area (Å²) in [6.07, 6.45) is 2.24. The Kier molecular flexibility index (Phi) is 7.86. The second-order valence-electron chi connectivity index (χ2n) is 9.70. The Balaban J connectivity index is 1.48. The van der Waals surface area contributed by atoms with Gasteiger partial charge in [-0.25, -0.2) is 4.98 Å². The van der Waals surface area contributed by atoms with E-state index in [0.29, 0.717) is 59.3 Å². The summed E-state index contributed by atoms with van der Waals surface area (Å²) in [5.74, 6) is 1.49. The van der Waals surface area contributed by atoms with Gasteiger partial charge in [0.2, 0.25) is 11.6 Å². The minimum Gasteiger partial charge on any atom is -0.397 e. The Labute approximate surface area is 216 Å². The van der Waals surface area contributed by atoms with Crippen LogP contribution in [0.4, 0.5) is 17.2 Å². The van der Waals surface area contributed by atoms with E-state index in [1.807, 2.05) is 50.3 Å². The lowest BCUT2D eigenvalue weighted by Gasteiger charge is -2.12. The monoisotopic (exact) mass is 502 g/mol. The van der Waals surface area contributed by atoms with Gasteiger partial charge in [0.25, 0.3) is 5.91 Å². The Bertz CT molecular complexity index is 1440. The summed E-state index contributed by atoms with van der Waals surface area (Å²) in [6.45, 7) is 9.19. The third-order valence-corrected chi connectivity index (χ3v) is 6.01. The van der Waals surface area contributed by atoms with E-state index < -0.39 is 0 Å². The zero-order valence-electron chi connectivity index (χ0n) is 21.8. The van der Waals surface area contributed by atoms with Gasteiger partial charge < -0.3 is 21.7 Å². The van der Waals surface area contributed by atoms with Crippen LogP contribution in [0.25, 0.3) is 16.7 Å². The van der Waals surface area contributed by atoms with Crippen LogP contribution in [0.3, 0.4) is 0 Å². The first kappa shape index (κ1) is 25.9. The molecule has 5 N–H and O–H groups in total. The number of amides is 2. The summed E-state index contributed by atoms with van der Waals surface area (Å²) in [5, 5.41) is 17.7. The smallest absolute Gasteiger partial charge is 0.255 e. The van der Waals surface area contributed by atoms with Crippen LogP contribution in [0.5, 0.6) is 0 Å². The third-order valence-electron chi connectivity index (χ3n) is 6.01. The van der Waals surface area contributed by atoms with E-state index >= 15 is 0 Å². The number of nitrogens with one attached hydrogen (secondary N) is 3. The third kappa shape index (κ3) is 6.14. The zero-order chi connectivity index (χ0) is 26.5. The number of nitrogens with zero attached hydrogens (tertiary/aromatic N) is 4. The van der Waals surface area contributed by atoms with Crippen LogP contribution >= 0.6 is 0 Å². The van der Waals surface area contributed by atoms with Crippen molar-refractivity contribution in [1.82, 2.24) is 24.9 Å². The van der Waals surface area contributed by atoms with Gasteiger partial charge in [-0.15, -0.1) is 10.2 Å². The molecule has 4 rings (SSSR count). The molecule has 0 radical (unpaired) electrons. The molecule has 2 heterocycles. The van der Waals surface area contributed by atoms with Crippen molar-refractivity contribution in [3.63, 3.8) is 0 Å². The highest BCUT2D eigenvalue weighted by atomic mass is 16.2. The number of nitrogen functional groups attached to an aromatic ring is 1. The number of fused-ring (bicyclic) bond motifs is 3. The molecule has 10 heteroatoms. The number of unbranched alkanes of at least 4 members (excludes halogenated alkanes) is 1. The molecule has 0 aliphatic carbocycles. The first-order valence-electron chi connectivity index (χ1n) is 12.6. The van der Waals surface area contributed by atoms with Crippen molar-refractivity contribution in [2.75, 3.05) is 29.5 Å². The average Bonchev–Trinajstić information content (AvgIpc) is 3.24. The normalized spacial score (nSPS) is 11.3. The highest BCUT2D eigenvalue weighted by molar-refractivity contribution is 6.07. The van der Waals surface area contributed by atoms with E-state index in [0.717, 1.165) is 29.7 Å². The topological polar surface area (TPSA) is 139 Å². The van der Waals surface area contributed by atoms with Crippen molar-refractivity contribution in [3.05, 3.63) is 53.3 Å². The summed E-state index contributed by atoms with van der Waals surface area (Å²) < 4.78 is 1.93. The summed E-state index contributed by atoms with van der Waals surface area (Å²) in [4.78, 5) is 29.5. The molecule has 0 aliphatic rings. The van der Waals surface area contributed by atoms with Crippen LogP contribution < -0.4 is 21.7 Å². The number of carbonyl (C=O) groups excluding carboxylic acids is 2. The van der Waals surface area contributed by atoms with Crippen molar-refractivity contribution in [2.24, 2.45) is 5.92 Å². The number of rotatable bonds is 10. The quantitative estimate of drug-likeness (QED) is 0.189. The second kappa shape index (κ2) is 11.2. The number of aromatic nitrogens is 4. The number of nitrogens with two attached hydrogens (primary N) is 1. The van der Waals surface area contributed by atoms with Gasteiger partial charge in [-0.05, 0) is 68.5 Å². The molecule has 4 aromatic rings. The molecule has 0 saturated carbocycles. The second-order valence-corrected chi connectivity index (χ2v) is 9.70. The predicted molar refractivity (Wildman–Crippen MR) is 147 cm³/mol. The average molecular weight is 503 g/mol. The molecule has 0 aliphatic heterocycles. The molecule has 0 fully saturated rings. The van der Waals surface area contributed by atoms with E-state index in [1.165, 1.54) is 0 Å². The molecule has 194 valence electrons. The Morgan fingerprint density at radius 2 is 1.81 bits per heavy atom. The number of hydrogen-bond acceptors (Lipinski definition) is 7.